The molecule has 0 fully saturated rings. The van der Waals surface area contributed by atoms with Crippen molar-refractivity contribution in [2.24, 2.45) is 11.8 Å². The molecule has 3 heterocycles. The maximum atomic E-state index is 14.0. The number of hydrogen-bond donors (Lipinski definition) is 10. The monoisotopic (exact) mass is 888 g/mol. The Kier molecular flexibility index (Phi) is 19.5. The van der Waals surface area contributed by atoms with E-state index in [4.69, 9.17) is 4.74 Å². The lowest BCUT2D eigenvalue weighted by atomic mass is 10.0. The van der Waals surface area contributed by atoms with Gasteiger partial charge in [-0.1, -0.05) is 52.8 Å². The number of ether oxygens (including phenoxy) is 1. The highest BCUT2D eigenvalue weighted by atomic mass is 16.5. The van der Waals surface area contributed by atoms with E-state index in [1.807, 2.05) is 45.0 Å². The molecule has 0 saturated carbocycles. The normalized spacial score (nSPS) is 14.1. The third-order valence-electron chi connectivity index (χ3n) is 10.2. The lowest BCUT2D eigenvalue weighted by molar-refractivity contribution is -0.135. The first-order valence-corrected chi connectivity index (χ1v) is 21.7. The van der Waals surface area contributed by atoms with Gasteiger partial charge in [0, 0.05) is 73.7 Å². The molecule has 4 rings (SSSR count). The van der Waals surface area contributed by atoms with E-state index in [0.717, 1.165) is 22.9 Å². The molecule has 20 heteroatoms. The van der Waals surface area contributed by atoms with Gasteiger partial charge in [-0.05, 0) is 43.2 Å². The highest BCUT2D eigenvalue weighted by molar-refractivity contribution is 5.97. The van der Waals surface area contributed by atoms with Crippen molar-refractivity contribution in [1.82, 2.24) is 62.1 Å². The summed E-state index contributed by atoms with van der Waals surface area (Å²) in [5.41, 5.74) is 2.73. The van der Waals surface area contributed by atoms with Crippen molar-refractivity contribution in [3.8, 4) is 0 Å². The maximum Gasteiger partial charge on any atom is 0.243 e. The standard InChI is InChI=1S/C44H64N12O8/c1-8-13-64-22-32(14-25(2)3)53-42(61)37(17-31-20-46-24-50-31)54-38(58)21-48-44(63)39(26(4)5)56-40(59)27(6)51-41(60)35(15-29-18-47-34-12-10-9-11-33(29)34)55-43(62)36(52-28(7)57)16-30-19-45-23-49-30/h9-12,18-20,23-27,32,35-37,39,47H,8,13-17,21-22H2,1-7H3,(H,45,49)(H,46,50)(H,48,63)(H,51,60)(H,52,57)(H,53,61)(H,54,58)(H,55,62)(H,56,59)/t27-,32-,35-,36-,37-,39-/m0/s1. The Morgan fingerprint density at radius 2 is 1.30 bits per heavy atom. The number of carbonyl (C=O) groups is 7. The van der Waals surface area contributed by atoms with Crippen LogP contribution in [0.15, 0.2) is 55.5 Å². The Bertz CT molecular complexity index is 2140. The lowest BCUT2D eigenvalue weighted by Crippen LogP contribution is -2.59. The molecule has 6 atom stereocenters. The average Bonchev–Trinajstić information content (AvgIpc) is 4.04. The minimum atomic E-state index is -1.20. The zero-order valence-electron chi connectivity index (χ0n) is 37.6. The number of fused-ring (bicyclic) bond motifs is 1. The quantitative estimate of drug-likeness (QED) is 0.0397. The van der Waals surface area contributed by atoms with Crippen LogP contribution in [0, 0.1) is 11.8 Å². The van der Waals surface area contributed by atoms with Crippen molar-refractivity contribution >= 4 is 52.3 Å². The Balaban J connectivity index is 1.40. The number of nitrogens with zero attached hydrogens (tertiary/aromatic N) is 2. The predicted octanol–water partition coefficient (Wildman–Crippen LogP) is 0.836. The Morgan fingerprint density at radius 3 is 1.89 bits per heavy atom. The fourth-order valence-electron chi connectivity index (χ4n) is 7.02. The third-order valence-corrected chi connectivity index (χ3v) is 10.2. The number of aromatic nitrogens is 5. The SMILES string of the molecule is CCCOC[C@H](CC(C)C)NC(=O)[C@H](Cc1cnc[nH]1)NC(=O)CNC(=O)[C@@H](NC(=O)[C@H](C)NC(=O)[C@H](Cc1c[nH]c2ccccc12)NC(=O)[C@H](Cc1cnc[nH]1)NC(C)=O)C(C)C. The number of nitrogens with one attached hydrogen (secondary N) is 10. The molecule has 3 aromatic heterocycles. The Morgan fingerprint density at radius 1 is 0.688 bits per heavy atom. The largest absolute Gasteiger partial charge is 0.379 e. The second-order valence-corrected chi connectivity index (χ2v) is 16.6. The van der Waals surface area contributed by atoms with Crippen molar-refractivity contribution < 1.29 is 38.3 Å². The van der Waals surface area contributed by atoms with E-state index < -0.39 is 84.0 Å². The average molecular weight is 889 g/mol. The van der Waals surface area contributed by atoms with Gasteiger partial charge < -0.3 is 56.9 Å². The van der Waals surface area contributed by atoms with E-state index in [1.54, 1.807) is 26.2 Å². The summed E-state index contributed by atoms with van der Waals surface area (Å²) in [5.74, 6) is -4.38. The van der Waals surface area contributed by atoms with Crippen molar-refractivity contribution in [1.29, 1.82) is 0 Å². The molecule has 10 N–H and O–H groups in total. The molecule has 0 unspecified atom stereocenters. The molecular weight excluding hydrogens is 825 g/mol. The molecule has 7 amide bonds. The van der Waals surface area contributed by atoms with Crippen LogP contribution >= 0.6 is 0 Å². The molecule has 0 aliphatic carbocycles. The van der Waals surface area contributed by atoms with Gasteiger partial charge in [0.05, 0.1) is 31.8 Å². The van der Waals surface area contributed by atoms with Gasteiger partial charge in [-0.3, -0.25) is 33.6 Å². The number of rotatable bonds is 26. The minimum Gasteiger partial charge on any atom is -0.379 e. The van der Waals surface area contributed by atoms with Gasteiger partial charge in [0.1, 0.15) is 30.2 Å². The van der Waals surface area contributed by atoms with E-state index in [2.05, 4.69) is 62.1 Å². The first-order valence-electron chi connectivity index (χ1n) is 21.7. The molecule has 64 heavy (non-hydrogen) atoms. The summed E-state index contributed by atoms with van der Waals surface area (Å²) < 4.78 is 5.72. The van der Waals surface area contributed by atoms with Crippen LogP contribution in [0.2, 0.25) is 0 Å². The van der Waals surface area contributed by atoms with Crippen LogP contribution in [-0.2, 0) is 57.6 Å². The molecule has 0 saturated heterocycles. The van der Waals surface area contributed by atoms with Crippen LogP contribution in [-0.4, -0.2) is 122 Å². The van der Waals surface area contributed by atoms with Crippen molar-refractivity contribution in [3.63, 3.8) is 0 Å². The molecule has 0 aliphatic rings. The first kappa shape index (κ1) is 50.1. The van der Waals surface area contributed by atoms with Crippen molar-refractivity contribution in [2.45, 2.75) is 117 Å². The van der Waals surface area contributed by atoms with Crippen molar-refractivity contribution in [3.05, 3.63) is 72.5 Å². The van der Waals surface area contributed by atoms with Gasteiger partial charge in [0.25, 0.3) is 0 Å². The number of imidazole rings is 2. The van der Waals surface area contributed by atoms with Crippen LogP contribution in [0.1, 0.15) is 78.3 Å². The van der Waals surface area contributed by atoms with Gasteiger partial charge in [0.2, 0.25) is 41.4 Å². The summed E-state index contributed by atoms with van der Waals surface area (Å²) in [6.45, 7) is 12.6. The number of para-hydroxylation sites is 1. The fourth-order valence-corrected chi connectivity index (χ4v) is 7.02. The zero-order chi connectivity index (χ0) is 46.8. The highest BCUT2D eigenvalue weighted by Gasteiger charge is 2.32. The second kappa shape index (κ2) is 24.9. The fraction of sp³-hybridized carbons (Fsp3) is 0.523. The number of hydrogen-bond acceptors (Lipinski definition) is 10. The summed E-state index contributed by atoms with van der Waals surface area (Å²) in [6.07, 6.45) is 9.42. The number of benzene rings is 1. The van der Waals surface area contributed by atoms with Gasteiger partial charge >= 0.3 is 0 Å². The lowest BCUT2D eigenvalue weighted by Gasteiger charge is -2.26. The molecule has 0 aliphatic heterocycles. The summed E-state index contributed by atoms with van der Waals surface area (Å²) in [5, 5.41) is 19.8. The topological polar surface area (TPSA) is 286 Å². The van der Waals surface area contributed by atoms with Crippen LogP contribution in [0.5, 0.6) is 0 Å². The molecule has 0 bridgehead atoms. The Hall–Kier alpha value is -6.57. The van der Waals surface area contributed by atoms with Gasteiger partial charge in [-0.15, -0.1) is 0 Å². The molecule has 4 aromatic rings. The van der Waals surface area contributed by atoms with Crippen LogP contribution in [0.3, 0.4) is 0 Å². The van der Waals surface area contributed by atoms with E-state index in [0.29, 0.717) is 31.0 Å². The predicted molar refractivity (Wildman–Crippen MR) is 238 cm³/mol. The van der Waals surface area contributed by atoms with E-state index in [-0.39, 0.29) is 31.2 Å². The summed E-state index contributed by atoms with van der Waals surface area (Å²) in [6, 6.07) is 1.61. The Labute approximate surface area is 372 Å². The summed E-state index contributed by atoms with van der Waals surface area (Å²) >= 11 is 0. The zero-order valence-corrected chi connectivity index (χ0v) is 37.6. The summed E-state index contributed by atoms with van der Waals surface area (Å²) in [7, 11) is 0. The number of aromatic amines is 3. The maximum absolute atomic E-state index is 14.0. The summed E-state index contributed by atoms with van der Waals surface area (Å²) in [4.78, 5) is 111. The smallest absolute Gasteiger partial charge is 0.243 e. The van der Waals surface area contributed by atoms with Gasteiger partial charge in [-0.2, -0.15) is 0 Å². The molecular formula is C44H64N12O8. The van der Waals surface area contributed by atoms with E-state index >= 15 is 0 Å². The number of amides is 7. The molecule has 1 aromatic carbocycles. The molecule has 0 radical (unpaired) electrons. The molecule has 20 nitrogen and oxygen atoms in total. The van der Waals surface area contributed by atoms with Crippen molar-refractivity contribution in [2.75, 3.05) is 19.8 Å². The van der Waals surface area contributed by atoms with Gasteiger partial charge in [0.15, 0.2) is 0 Å². The second-order valence-electron chi connectivity index (χ2n) is 16.6. The highest BCUT2D eigenvalue weighted by Crippen LogP contribution is 2.19. The van der Waals surface area contributed by atoms with Gasteiger partial charge in [-0.25, -0.2) is 9.97 Å². The van der Waals surface area contributed by atoms with E-state index in [1.165, 1.54) is 32.7 Å². The number of carbonyl (C=O) groups excluding carboxylic acids is 7. The first-order chi connectivity index (χ1) is 30.5. The van der Waals surface area contributed by atoms with Crippen LogP contribution in [0.25, 0.3) is 10.9 Å². The van der Waals surface area contributed by atoms with E-state index in [9.17, 15) is 33.6 Å². The molecule has 348 valence electrons. The minimum absolute atomic E-state index is 0.0299. The number of H-pyrrole nitrogens is 3. The van der Waals surface area contributed by atoms with Crippen LogP contribution < -0.4 is 37.2 Å². The molecule has 0 spiro atoms. The van der Waals surface area contributed by atoms with Crippen LogP contribution in [0.4, 0.5) is 0 Å². The third kappa shape index (κ3) is 16.0.